The molecule has 2 aliphatic heterocycles. The van der Waals surface area contributed by atoms with Crippen LogP contribution in [0.25, 0.3) is 0 Å². The molecule has 2 aliphatic rings. The van der Waals surface area contributed by atoms with Crippen LogP contribution in [0.4, 0.5) is 5.82 Å². The van der Waals surface area contributed by atoms with Gasteiger partial charge in [0.05, 0.1) is 12.2 Å². The minimum absolute atomic E-state index is 0.451. The number of ether oxygens (including phenoxy) is 1. The minimum atomic E-state index is 0.451. The molecule has 0 amide bonds. The molecule has 5 heteroatoms. The highest BCUT2D eigenvalue weighted by Gasteiger charge is 2.23. The van der Waals surface area contributed by atoms with Crippen LogP contribution in [0.1, 0.15) is 31.2 Å². The number of nitrogens with zero attached hydrogens (tertiary/aromatic N) is 2. The van der Waals surface area contributed by atoms with Crippen molar-refractivity contribution in [3.8, 4) is 0 Å². The molecule has 0 aliphatic carbocycles. The molecule has 2 saturated heterocycles. The van der Waals surface area contributed by atoms with Crippen LogP contribution in [0.5, 0.6) is 0 Å². The van der Waals surface area contributed by atoms with E-state index in [-0.39, 0.29) is 0 Å². The van der Waals surface area contributed by atoms with Gasteiger partial charge in [-0.2, -0.15) is 0 Å². The lowest BCUT2D eigenvalue weighted by molar-refractivity contribution is -0.0539. The van der Waals surface area contributed by atoms with Crippen LogP contribution >= 0.6 is 0 Å². The van der Waals surface area contributed by atoms with Crippen LogP contribution < -0.4 is 11.1 Å². The summed E-state index contributed by atoms with van der Waals surface area (Å²) >= 11 is 0. The molecule has 3 rings (SSSR count). The third-order valence-electron chi connectivity index (χ3n) is 4.46. The van der Waals surface area contributed by atoms with Crippen molar-refractivity contribution in [3.05, 3.63) is 23.9 Å². The monoisotopic (exact) mass is 290 g/mol. The van der Waals surface area contributed by atoms with Gasteiger partial charge in [0.25, 0.3) is 0 Å². The summed E-state index contributed by atoms with van der Waals surface area (Å²) in [7, 11) is 0. The van der Waals surface area contributed by atoms with Crippen molar-refractivity contribution in [1.29, 1.82) is 0 Å². The van der Waals surface area contributed by atoms with Gasteiger partial charge in [0.15, 0.2) is 0 Å². The van der Waals surface area contributed by atoms with Gasteiger partial charge in [0, 0.05) is 25.8 Å². The zero-order valence-corrected chi connectivity index (χ0v) is 12.6. The molecule has 2 fully saturated rings. The van der Waals surface area contributed by atoms with E-state index in [0.29, 0.717) is 18.0 Å². The Morgan fingerprint density at radius 3 is 2.62 bits per heavy atom. The molecule has 0 saturated carbocycles. The van der Waals surface area contributed by atoms with Crippen molar-refractivity contribution in [2.24, 2.45) is 0 Å². The molecule has 3 N–H and O–H groups in total. The standard InChI is InChI=1S/C16H26N4O/c17-16-11-13(1-8-19-16)12-20-9-4-15(5-10-20)21-14-2-6-18-7-3-14/h1,8,11,14-15,18H,2-7,9-10,12H2,(H2,17,19). The Kier molecular flexibility index (Phi) is 5.06. The fraction of sp³-hybridized carbons (Fsp3) is 0.688. The number of nitrogens with two attached hydrogens (primary N) is 1. The summed E-state index contributed by atoms with van der Waals surface area (Å²) < 4.78 is 6.25. The molecule has 0 atom stereocenters. The molecule has 0 bridgehead atoms. The number of rotatable bonds is 4. The van der Waals surface area contributed by atoms with E-state index in [4.69, 9.17) is 10.5 Å². The number of piperidine rings is 2. The number of likely N-dealkylation sites (tertiary alicyclic amines) is 1. The van der Waals surface area contributed by atoms with Crippen LogP contribution in [0, 0.1) is 0 Å². The summed E-state index contributed by atoms with van der Waals surface area (Å²) in [6.45, 7) is 5.39. The normalized spacial score (nSPS) is 22.5. The molecular formula is C16H26N4O. The summed E-state index contributed by atoms with van der Waals surface area (Å²) in [6.07, 6.45) is 7.33. The fourth-order valence-electron chi connectivity index (χ4n) is 3.26. The highest BCUT2D eigenvalue weighted by Crippen LogP contribution is 2.20. The lowest BCUT2D eigenvalue weighted by Gasteiger charge is -2.35. The van der Waals surface area contributed by atoms with Crippen LogP contribution in [0.15, 0.2) is 18.3 Å². The van der Waals surface area contributed by atoms with E-state index in [0.717, 1.165) is 58.4 Å². The fourth-order valence-corrected chi connectivity index (χ4v) is 3.26. The lowest BCUT2D eigenvalue weighted by Crippen LogP contribution is -2.40. The predicted molar refractivity (Wildman–Crippen MR) is 83.9 cm³/mol. The second-order valence-electron chi connectivity index (χ2n) is 6.15. The molecule has 1 aromatic rings. The van der Waals surface area contributed by atoms with Crippen molar-refractivity contribution >= 4 is 5.82 Å². The van der Waals surface area contributed by atoms with Gasteiger partial charge in [-0.3, -0.25) is 4.90 Å². The lowest BCUT2D eigenvalue weighted by atomic mass is 10.0. The highest BCUT2D eigenvalue weighted by molar-refractivity contribution is 5.31. The minimum Gasteiger partial charge on any atom is -0.384 e. The molecule has 0 radical (unpaired) electrons. The highest BCUT2D eigenvalue weighted by atomic mass is 16.5. The van der Waals surface area contributed by atoms with Gasteiger partial charge in [-0.25, -0.2) is 4.98 Å². The van der Waals surface area contributed by atoms with Gasteiger partial charge in [-0.1, -0.05) is 0 Å². The van der Waals surface area contributed by atoms with E-state index in [2.05, 4.69) is 15.2 Å². The zero-order chi connectivity index (χ0) is 14.5. The van der Waals surface area contributed by atoms with E-state index in [9.17, 15) is 0 Å². The van der Waals surface area contributed by atoms with E-state index in [1.807, 2.05) is 12.1 Å². The van der Waals surface area contributed by atoms with Crippen molar-refractivity contribution < 1.29 is 4.74 Å². The molecule has 1 aromatic heterocycles. The quantitative estimate of drug-likeness (QED) is 0.877. The Bertz CT molecular complexity index is 440. The van der Waals surface area contributed by atoms with Crippen LogP contribution in [0.3, 0.4) is 0 Å². The molecule has 3 heterocycles. The average molecular weight is 290 g/mol. The van der Waals surface area contributed by atoms with Crippen molar-refractivity contribution in [2.45, 2.75) is 44.4 Å². The van der Waals surface area contributed by atoms with Crippen molar-refractivity contribution in [1.82, 2.24) is 15.2 Å². The van der Waals surface area contributed by atoms with E-state index in [1.165, 1.54) is 5.56 Å². The van der Waals surface area contributed by atoms with Gasteiger partial charge < -0.3 is 15.8 Å². The Labute approximate surface area is 126 Å². The first-order valence-corrected chi connectivity index (χ1v) is 8.08. The summed E-state index contributed by atoms with van der Waals surface area (Å²) in [4.78, 5) is 6.53. The number of nitrogen functional groups attached to an aromatic ring is 1. The summed E-state index contributed by atoms with van der Waals surface area (Å²) in [5, 5.41) is 3.39. The van der Waals surface area contributed by atoms with Gasteiger partial charge >= 0.3 is 0 Å². The van der Waals surface area contributed by atoms with Crippen LogP contribution in [-0.4, -0.2) is 48.3 Å². The largest absolute Gasteiger partial charge is 0.384 e. The maximum atomic E-state index is 6.25. The predicted octanol–water partition coefficient (Wildman–Crippen LogP) is 1.40. The number of nitrogens with one attached hydrogen (secondary N) is 1. The number of hydrogen-bond donors (Lipinski definition) is 2. The Morgan fingerprint density at radius 1 is 1.19 bits per heavy atom. The number of aromatic nitrogens is 1. The molecule has 116 valence electrons. The second kappa shape index (κ2) is 7.20. The van der Waals surface area contributed by atoms with Gasteiger partial charge in [0.2, 0.25) is 0 Å². The first-order valence-electron chi connectivity index (χ1n) is 8.08. The van der Waals surface area contributed by atoms with Crippen molar-refractivity contribution in [2.75, 3.05) is 31.9 Å². The molecule has 0 aromatic carbocycles. The summed E-state index contributed by atoms with van der Waals surface area (Å²) in [5.74, 6) is 0.608. The zero-order valence-electron chi connectivity index (χ0n) is 12.6. The van der Waals surface area contributed by atoms with E-state index in [1.54, 1.807) is 6.20 Å². The third kappa shape index (κ3) is 4.40. The van der Waals surface area contributed by atoms with E-state index < -0.39 is 0 Å². The summed E-state index contributed by atoms with van der Waals surface area (Å²) in [6, 6.07) is 4.02. The first-order chi connectivity index (χ1) is 10.3. The van der Waals surface area contributed by atoms with Gasteiger partial charge in [-0.15, -0.1) is 0 Å². The van der Waals surface area contributed by atoms with Crippen LogP contribution in [-0.2, 0) is 11.3 Å². The van der Waals surface area contributed by atoms with E-state index >= 15 is 0 Å². The second-order valence-corrected chi connectivity index (χ2v) is 6.15. The molecule has 5 nitrogen and oxygen atoms in total. The number of hydrogen-bond acceptors (Lipinski definition) is 5. The first kappa shape index (κ1) is 14.8. The Morgan fingerprint density at radius 2 is 1.90 bits per heavy atom. The molecule has 21 heavy (non-hydrogen) atoms. The average Bonchev–Trinajstić information content (AvgIpc) is 2.50. The van der Waals surface area contributed by atoms with Gasteiger partial charge in [-0.05, 0) is 56.5 Å². The van der Waals surface area contributed by atoms with Gasteiger partial charge in [0.1, 0.15) is 5.82 Å². The Hall–Kier alpha value is -1.17. The smallest absolute Gasteiger partial charge is 0.123 e. The topological polar surface area (TPSA) is 63.4 Å². The molecule has 0 unspecified atom stereocenters. The maximum absolute atomic E-state index is 6.25. The molecule has 0 spiro atoms. The van der Waals surface area contributed by atoms with Crippen molar-refractivity contribution in [3.63, 3.8) is 0 Å². The Balaban J connectivity index is 1.42. The van der Waals surface area contributed by atoms with Crippen LogP contribution in [0.2, 0.25) is 0 Å². The third-order valence-corrected chi connectivity index (χ3v) is 4.46. The maximum Gasteiger partial charge on any atom is 0.123 e. The number of anilines is 1. The SMILES string of the molecule is Nc1cc(CN2CCC(OC3CCNCC3)CC2)ccn1. The molecular weight excluding hydrogens is 264 g/mol. The summed E-state index contributed by atoms with van der Waals surface area (Å²) in [5.41, 5.74) is 6.99. The number of pyridine rings is 1.